The third kappa shape index (κ3) is 1.77. The van der Waals surface area contributed by atoms with Crippen LogP contribution in [0.4, 0.5) is 0 Å². The number of likely N-dealkylation sites (tertiary alicyclic amines) is 1. The highest BCUT2D eigenvalue weighted by Crippen LogP contribution is 2.30. The minimum atomic E-state index is -0.0384. The maximum atomic E-state index is 9.64. The Kier molecular flexibility index (Phi) is 2.74. The molecule has 3 N–H and O–H groups in total. The molecule has 1 saturated heterocycles. The summed E-state index contributed by atoms with van der Waals surface area (Å²) in [5.41, 5.74) is 3.28. The van der Waals surface area contributed by atoms with Crippen molar-refractivity contribution in [1.29, 1.82) is 0 Å². The van der Waals surface area contributed by atoms with Crippen LogP contribution >= 0.6 is 0 Å². The standard InChI is InChI=1S/C14H18N2O2/c1-9(16-4-2-3-5-16)14-11-7-13(18)12(17)6-10(11)8-15-14/h6-7,9,17-18H,2-5,8H2,1H3/p+1. The number of aromatic hydroxyl groups is 2. The van der Waals surface area contributed by atoms with E-state index in [1.807, 2.05) is 0 Å². The van der Waals surface area contributed by atoms with Crippen molar-refractivity contribution in [2.45, 2.75) is 32.4 Å². The molecule has 1 aromatic rings. The Morgan fingerprint density at radius 3 is 2.56 bits per heavy atom. The van der Waals surface area contributed by atoms with E-state index < -0.39 is 0 Å². The number of nitrogens with one attached hydrogen (secondary N) is 1. The molecule has 2 aliphatic rings. The van der Waals surface area contributed by atoms with Crippen LogP contribution in [0.1, 0.15) is 30.9 Å². The molecule has 0 radical (unpaired) electrons. The minimum absolute atomic E-state index is 0.0365. The van der Waals surface area contributed by atoms with Crippen molar-refractivity contribution in [1.82, 2.24) is 4.90 Å². The van der Waals surface area contributed by atoms with E-state index in [1.165, 1.54) is 18.6 Å². The molecule has 0 bridgehead atoms. The van der Waals surface area contributed by atoms with E-state index in [0.717, 1.165) is 30.8 Å². The van der Waals surface area contributed by atoms with Gasteiger partial charge in [-0.15, -0.1) is 0 Å². The van der Waals surface area contributed by atoms with Crippen molar-refractivity contribution < 1.29 is 15.2 Å². The number of hydrogen-bond donors (Lipinski definition) is 3. The Balaban J connectivity index is 1.91. The van der Waals surface area contributed by atoms with Gasteiger partial charge in [-0.25, -0.2) is 4.99 Å². The molecule has 18 heavy (non-hydrogen) atoms. The van der Waals surface area contributed by atoms with Crippen molar-refractivity contribution in [3.63, 3.8) is 0 Å². The molecular formula is C14H19N2O2+. The molecule has 3 rings (SSSR count). The van der Waals surface area contributed by atoms with Gasteiger partial charge in [-0.05, 0) is 45.0 Å². The van der Waals surface area contributed by atoms with Crippen LogP contribution in [-0.4, -0.2) is 40.0 Å². The van der Waals surface area contributed by atoms with Gasteiger partial charge in [-0.3, -0.25) is 4.90 Å². The van der Waals surface area contributed by atoms with Crippen LogP contribution in [0.3, 0.4) is 0 Å². The second-order valence-corrected chi connectivity index (χ2v) is 5.18. The minimum Gasteiger partial charge on any atom is -0.504 e. The molecule has 1 aromatic carbocycles. The molecule has 1 atom stereocenters. The van der Waals surface area contributed by atoms with Crippen LogP contribution in [0, 0.1) is 0 Å². The van der Waals surface area contributed by atoms with Crippen molar-refractivity contribution >= 4 is 5.71 Å². The Labute approximate surface area is 107 Å². The molecule has 0 aliphatic carbocycles. The fourth-order valence-electron chi connectivity index (χ4n) is 2.99. The van der Waals surface area contributed by atoms with Gasteiger partial charge >= 0.3 is 0 Å². The Hall–Kier alpha value is -1.55. The van der Waals surface area contributed by atoms with E-state index >= 15 is 0 Å². The van der Waals surface area contributed by atoms with Gasteiger partial charge in [0.05, 0.1) is 11.6 Å². The van der Waals surface area contributed by atoms with Crippen molar-refractivity contribution in [2.24, 2.45) is 0 Å². The van der Waals surface area contributed by atoms with E-state index in [9.17, 15) is 10.2 Å². The Morgan fingerprint density at radius 1 is 1.17 bits per heavy atom. The monoisotopic (exact) mass is 247 g/mol. The normalized spacial score (nSPS) is 20.8. The Morgan fingerprint density at radius 2 is 1.83 bits per heavy atom. The van der Waals surface area contributed by atoms with Crippen LogP contribution in [0.5, 0.6) is 11.5 Å². The summed E-state index contributed by atoms with van der Waals surface area (Å²) in [6.45, 7) is 5.22. The molecule has 1 fully saturated rings. The van der Waals surface area contributed by atoms with Gasteiger partial charge in [-0.2, -0.15) is 0 Å². The highest BCUT2D eigenvalue weighted by Gasteiger charge is 2.32. The van der Waals surface area contributed by atoms with Crippen LogP contribution in [0.2, 0.25) is 0 Å². The van der Waals surface area contributed by atoms with Gasteiger partial charge in [0.2, 0.25) is 0 Å². The number of phenolic OH excluding ortho intramolecular Hbond substituents is 2. The Bertz CT molecular complexity index is 505. The summed E-state index contributed by atoms with van der Waals surface area (Å²) in [4.78, 5) is 5.87. The van der Waals surface area contributed by atoms with Crippen LogP contribution in [0.25, 0.3) is 0 Å². The molecular weight excluding hydrogens is 228 g/mol. The molecule has 4 nitrogen and oxygen atoms in total. The summed E-state index contributed by atoms with van der Waals surface area (Å²) in [6, 6.07) is 3.67. The van der Waals surface area contributed by atoms with Gasteiger partial charge in [0.1, 0.15) is 0 Å². The van der Waals surface area contributed by atoms with E-state index in [-0.39, 0.29) is 11.5 Å². The van der Waals surface area contributed by atoms with E-state index in [4.69, 9.17) is 0 Å². The fourth-order valence-corrected chi connectivity index (χ4v) is 2.99. The number of phenols is 2. The second-order valence-electron chi connectivity index (χ2n) is 5.18. The highest BCUT2D eigenvalue weighted by atomic mass is 16.3. The largest absolute Gasteiger partial charge is 0.504 e. The van der Waals surface area contributed by atoms with Gasteiger partial charge in [-0.1, -0.05) is 0 Å². The van der Waals surface area contributed by atoms with E-state index in [0.29, 0.717) is 6.04 Å². The molecule has 2 aliphatic heterocycles. The summed E-state index contributed by atoms with van der Waals surface area (Å²) in [5.74, 6) is -0.0748. The van der Waals surface area contributed by atoms with E-state index in [1.54, 1.807) is 12.1 Å². The smallest absolute Gasteiger partial charge is 0.199 e. The third-order valence-corrected chi connectivity index (χ3v) is 4.07. The predicted molar refractivity (Wildman–Crippen MR) is 68.8 cm³/mol. The van der Waals surface area contributed by atoms with Crippen molar-refractivity contribution in [2.75, 3.05) is 13.1 Å². The zero-order valence-electron chi connectivity index (χ0n) is 10.6. The lowest BCUT2D eigenvalue weighted by Crippen LogP contribution is -2.71. The van der Waals surface area contributed by atoms with Crippen LogP contribution in [0.15, 0.2) is 12.1 Å². The van der Waals surface area contributed by atoms with Crippen molar-refractivity contribution in [3.05, 3.63) is 23.3 Å². The zero-order valence-corrected chi connectivity index (χ0v) is 10.6. The first-order chi connectivity index (χ1) is 8.66. The molecule has 0 spiro atoms. The maximum absolute atomic E-state index is 9.64. The quantitative estimate of drug-likeness (QED) is 0.643. The summed E-state index contributed by atoms with van der Waals surface area (Å²) in [6.07, 6.45) is 2.54. The van der Waals surface area contributed by atoms with E-state index in [2.05, 4.69) is 16.8 Å². The number of fused-ring (bicyclic) bond motifs is 1. The molecule has 0 amide bonds. The fraction of sp³-hybridized carbons (Fsp3) is 0.500. The summed E-state index contributed by atoms with van der Waals surface area (Å²) >= 11 is 0. The molecule has 1 unspecified atom stereocenters. The molecule has 2 heterocycles. The van der Waals surface area contributed by atoms with Crippen LogP contribution in [-0.2, 0) is 6.54 Å². The molecule has 4 heteroatoms. The number of nitrogens with zero attached hydrogens (tertiary/aromatic N) is 1. The molecule has 0 aromatic heterocycles. The number of hydrogen-bond acceptors (Lipinski definition) is 3. The lowest BCUT2D eigenvalue weighted by molar-refractivity contribution is -0.471. The highest BCUT2D eigenvalue weighted by molar-refractivity contribution is 6.02. The predicted octanol–water partition coefficient (Wildman–Crippen LogP) is -0.0346. The summed E-state index contributed by atoms with van der Waals surface area (Å²) < 4.78 is 0. The van der Waals surface area contributed by atoms with Crippen LogP contribution < -0.4 is 4.99 Å². The summed E-state index contributed by atoms with van der Waals surface area (Å²) in [7, 11) is 0. The average Bonchev–Trinajstić information content (AvgIpc) is 2.98. The van der Waals surface area contributed by atoms with Gasteiger partial charge in [0, 0.05) is 5.56 Å². The molecule has 0 saturated carbocycles. The number of rotatable bonds is 2. The summed E-state index contributed by atoms with van der Waals surface area (Å²) in [5, 5.41) is 19.2. The number of benzene rings is 1. The average molecular weight is 247 g/mol. The lowest BCUT2D eigenvalue weighted by atomic mass is 10.00. The van der Waals surface area contributed by atoms with Gasteiger partial charge in [0.25, 0.3) is 0 Å². The third-order valence-electron chi connectivity index (χ3n) is 4.07. The first-order valence-electron chi connectivity index (χ1n) is 6.57. The van der Waals surface area contributed by atoms with Gasteiger partial charge in [0.15, 0.2) is 23.8 Å². The first-order valence-corrected chi connectivity index (χ1v) is 6.57. The van der Waals surface area contributed by atoms with Gasteiger partial charge < -0.3 is 10.2 Å². The lowest BCUT2D eigenvalue weighted by Gasteiger charge is -2.21. The topological polar surface area (TPSA) is 57.7 Å². The second kappa shape index (κ2) is 4.28. The van der Waals surface area contributed by atoms with Crippen molar-refractivity contribution in [3.8, 4) is 11.5 Å². The first kappa shape index (κ1) is 11.5. The zero-order chi connectivity index (χ0) is 12.7. The maximum Gasteiger partial charge on any atom is 0.199 e. The SMILES string of the molecule is CC(C1=[NH+]Cc2cc(O)c(O)cc21)N1CCCC1. The molecule has 96 valence electrons.